The maximum absolute atomic E-state index is 14.5. The minimum absolute atomic E-state index is 0.0122. The molecular formula is C39H46ClN5O5S. The zero-order chi connectivity index (χ0) is 35.8. The lowest BCUT2D eigenvalue weighted by Gasteiger charge is -2.46. The summed E-state index contributed by atoms with van der Waals surface area (Å²) >= 11 is 6.45. The number of pyridine rings is 1. The monoisotopic (exact) mass is 731 g/mol. The molecule has 1 spiro atoms. The summed E-state index contributed by atoms with van der Waals surface area (Å²) in [7, 11) is -1.78. The summed E-state index contributed by atoms with van der Waals surface area (Å²) in [4.78, 5) is 33.7. The number of aryl methyl sites for hydroxylation is 2. The highest BCUT2D eigenvalue weighted by molar-refractivity contribution is 7.92. The number of fused-ring (bicyclic) bond motifs is 4. The lowest BCUT2D eigenvalue weighted by atomic mass is 9.68. The smallest absolute Gasteiger partial charge is 0.331 e. The molecule has 3 heterocycles. The van der Waals surface area contributed by atoms with Gasteiger partial charge in [0, 0.05) is 53.8 Å². The number of ether oxygens (including phenoxy) is 2. The molecule has 2 aliphatic carbocycles. The molecule has 10 nitrogen and oxygen atoms in total. The Morgan fingerprint density at radius 3 is 2.80 bits per heavy atom. The molecule has 1 fully saturated rings. The van der Waals surface area contributed by atoms with E-state index in [2.05, 4.69) is 48.6 Å². The summed E-state index contributed by atoms with van der Waals surface area (Å²) in [6.07, 6.45) is 11.4. The number of benzene rings is 2. The number of amides is 3. The number of hydrogen-bond donors (Lipinski definition) is 2. The number of halogens is 1. The number of urea groups is 1. The molecule has 1 saturated carbocycles. The molecule has 12 heteroatoms. The summed E-state index contributed by atoms with van der Waals surface area (Å²) in [5, 5.41) is 3.45. The summed E-state index contributed by atoms with van der Waals surface area (Å²) in [6.45, 7) is 5.74. The Kier molecular flexibility index (Phi) is 10.2. The third-order valence-corrected chi connectivity index (χ3v) is 13.1. The number of carbonyl (C=O) groups excluding carboxylic acids is 2. The van der Waals surface area contributed by atoms with Gasteiger partial charge in [-0.15, -0.1) is 4.36 Å². The molecule has 6 atom stereocenters. The average Bonchev–Trinajstić information content (AvgIpc) is 3.22. The Labute approximate surface area is 305 Å². The fourth-order valence-corrected chi connectivity index (χ4v) is 10.3. The summed E-state index contributed by atoms with van der Waals surface area (Å²) in [6, 6.07) is 14.2. The molecule has 2 N–H and O–H groups in total. The van der Waals surface area contributed by atoms with Crippen LogP contribution in [0, 0.1) is 24.7 Å². The SMILES string of the molecule is CO[C@H]1/C=C/C[C@H](C)CS(=O)(NC(=O)Nc2ccnc(C)c2)=NC(=O)c2ccc3c(c2)N(C[C@@H]2CC[C@H]21)C[C@@]1(CCCc2cc(Cl)ccc21)CO3. The lowest BCUT2D eigenvalue weighted by molar-refractivity contribution is 0.0131. The van der Waals surface area contributed by atoms with Crippen molar-refractivity contribution in [2.75, 3.05) is 42.8 Å². The summed E-state index contributed by atoms with van der Waals surface area (Å²) < 4.78 is 34.0. The Hall–Kier alpha value is -3.93. The highest BCUT2D eigenvalue weighted by Crippen LogP contribution is 2.47. The van der Waals surface area contributed by atoms with Crippen LogP contribution in [0.2, 0.25) is 5.02 Å². The van der Waals surface area contributed by atoms with Gasteiger partial charge in [0.2, 0.25) is 0 Å². The van der Waals surface area contributed by atoms with E-state index in [1.165, 1.54) is 11.1 Å². The van der Waals surface area contributed by atoms with E-state index in [0.717, 1.165) is 49.4 Å². The zero-order valence-electron chi connectivity index (χ0n) is 29.4. The second-order valence-corrected chi connectivity index (χ2v) is 17.1. The summed E-state index contributed by atoms with van der Waals surface area (Å²) in [5.74, 6) is 0.593. The van der Waals surface area contributed by atoms with Crippen LogP contribution in [-0.4, -0.2) is 59.8 Å². The van der Waals surface area contributed by atoms with Crippen molar-refractivity contribution in [2.24, 2.45) is 22.1 Å². The average molecular weight is 732 g/mol. The van der Waals surface area contributed by atoms with Crippen LogP contribution in [-0.2, 0) is 26.5 Å². The van der Waals surface area contributed by atoms with Gasteiger partial charge in [0.25, 0.3) is 5.91 Å². The Bertz CT molecular complexity index is 1980. The molecule has 4 aliphatic rings. The maximum Gasteiger partial charge on any atom is 0.331 e. The molecule has 2 aliphatic heterocycles. The van der Waals surface area contributed by atoms with Gasteiger partial charge in [0.15, 0.2) is 0 Å². The maximum atomic E-state index is 14.5. The van der Waals surface area contributed by atoms with Gasteiger partial charge in [0.05, 0.1) is 24.2 Å². The first-order valence-electron chi connectivity index (χ1n) is 17.8. The van der Waals surface area contributed by atoms with E-state index in [0.29, 0.717) is 48.5 Å². The quantitative estimate of drug-likeness (QED) is 0.268. The van der Waals surface area contributed by atoms with Gasteiger partial charge < -0.3 is 19.7 Å². The third kappa shape index (κ3) is 7.66. The topological polar surface area (TPSA) is 122 Å². The standard InChI is InChI=1S/C39H46ClN5O5S/c1-25-6-4-8-35(49-3)32-12-9-29(32)21-45-23-39(16-5-7-27-19-30(40)11-13-33(27)39)24-50-36-14-10-28(20-34(36)45)37(46)43-51(48,22-25)44-38(47)42-31-15-17-41-26(2)18-31/h4,8,10-11,13-15,17-20,25,29,32,35H,5-7,9,12,16,21-24H2,1-3H3,(H2,41,42,43,44,46,47,48)/b8-4+/t25-,29-,32+,35-,39-,51?/m0/s1. The van der Waals surface area contributed by atoms with Crippen molar-refractivity contribution in [3.63, 3.8) is 0 Å². The van der Waals surface area contributed by atoms with E-state index in [4.69, 9.17) is 21.1 Å². The summed E-state index contributed by atoms with van der Waals surface area (Å²) in [5.41, 5.74) is 4.58. The van der Waals surface area contributed by atoms with Crippen LogP contribution in [0.3, 0.4) is 0 Å². The van der Waals surface area contributed by atoms with Crippen molar-refractivity contribution >= 4 is 44.8 Å². The normalized spacial score (nSPS) is 29.6. The number of anilines is 2. The van der Waals surface area contributed by atoms with Gasteiger partial charge >= 0.3 is 6.03 Å². The largest absolute Gasteiger partial charge is 0.490 e. The second-order valence-electron chi connectivity index (χ2n) is 14.7. The molecule has 1 aromatic heterocycles. The number of hydrogen-bond acceptors (Lipinski definition) is 7. The molecular weight excluding hydrogens is 686 g/mol. The van der Waals surface area contributed by atoms with Gasteiger partial charge in [-0.05, 0) is 117 Å². The molecule has 0 radical (unpaired) electrons. The highest BCUT2D eigenvalue weighted by Gasteiger charge is 2.44. The van der Waals surface area contributed by atoms with Crippen molar-refractivity contribution in [2.45, 2.75) is 63.9 Å². The van der Waals surface area contributed by atoms with Gasteiger partial charge in [-0.2, -0.15) is 0 Å². The van der Waals surface area contributed by atoms with E-state index >= 15 is 0 Å². The van der Waals surface area contributed by atoms with Crippen molar-refractivity contribution in [3.05, 3.63) is 94.3 Å². The number of methoxy groups -OCH3 is 1. The Morgan fingerprint density at radius 1 is 1.16 bits per heavy atom. The van der Waals surface area contributed by atoms with E-state index in [1.807, 2.05) is 32.0 Å². The molecule has 270 valence electrons. The van der Waals surface area contributed by atoms with E-state index in [-0.39, 0.29) is 28.8 Å². The van der Waals surface area contributed by atoms with Crippen LogP contribution in [0.15, 0.2) is 71.2 Å². The highest BCUT2D eigenvalue weighted by atomic mass is 35.5. The van der Waals surface area contributed by atoms with Crippen molar-refractivity contribution in [1.29, 1.82) is 0 Å². The van der Waals surface area contributed by atoms with Gasteiger partial charge in [-0.1, -0.05) is 36.7 Å². The van der Waals surface area contributed by atoms with Crippen LogP contribution < -0.4 is 19.7 Å². The van der Waals surface area contributed by atoms with E-state index in [1.54, 1.807) is 31.5 Å². The molecule has 51 heavy (non-hydrogen) atoms. The molecule has 1 unspecified atom stereocenters. The van der Waals surface area contributed by atoms with Crippen LogP contribution in [0.1, 0.15) is 66.2 Å². The van der Waals surface area contributed by atoms with Gasteiger partial charge in [-0.25, -0.2) is 13.7 Å². The van der Waals surface area contributed by atoms with Crippen LogP contribution in [0.25, 0.3) is 0 Å². The Balaban J connectivity index is 1.28. The number of nitrogens with zero attached hydrogens (tertiary/aromatic N) is 3. The van der Waals surface area contributed by atoms with Crippen LogP contribution in [0.4, 0.5) is 16.2 Å². The molecule has 0 saturated heterocycles. The van der Waals surface area contributed by atoms with Crippen LogP contribution >= 0.6 is 11.6 Å². The van der Waals surface area contributed by atoms with E-state index in [9.17, 15) is 13.8 Å². The first kappa shape index (κ1) is 35.5. The number of allylic oxidation sites excluding steroid dienone is 1. The predicted molar refractivity (Wildman–Crippen MR) is 201 cm³/mol. The van der Waals surface area contributed by atoms with Crippen molar-refractivity contribution in [1.82, 2.24) is 9.71 Å². The van der Waals surface area contributed by atoms with Gasteiger partial charge in [0.1, 0.15) is 15.7 Å². The van der Waals surface area contributed by atoms with Crippen molar-refractivity contribution in [3.8, 4) is 5.75 Å². The molecule has 2 bridgehead atoms. The number of rotatable bonds is 3. The molecule has 2 aromatic carbocycles. The molecule has 3 aromatic rings. The third-order valence-electron chi connectivity index (χ3n) is 10.9. The first-order chi connectivity index (χ1) is 24.5. The fourth-order valence-electron chi connectivity index (χ4n) is 8.29. The number of nitrogens with one attached hydrogen (secondary N) is 2. The minimum Gasteiger partial charge on any atom is -0.490 e. The molecule has 3 amide bonds. The number of carbonyl (C=O) groups is 2. The number of aromatic nitrogens is 1. The Morgan fingerprint density at radius 2 is 2.02 bits per heavy atom. The van der Waals surface area contributed by atoms with Gasteiger partial charge in [-0.3, -0.25) is 9.78 Å². The van der Waals surface area contributed by atoms with Crippen LogP contribution in [0.5, 0.6) is 5.75 Å². The second kappa shape index (κ2) is 14.6. The molecule has 7 rings (SSSR count). The van der Waals surface area contributed by atoms with Crippen molar-refractivity contribution < 1.29 is 23.3 Å². The minimum atomic E-state index is -3.55. The first-order valence-corrected chi connectivity index (χ1v) is 19.9. The lowest BCUT2D eigenvalue weighted by Crippen LogP contribution is -2.49. The van der Waals surface area contributed by atoms with E-state index < -0.39 is 21.9 Å². The zero-order valence-corrected chi connectivity index (χ0v) is 31.0. The fraction of sp³-hybridized carbons (Fsp3) is 0.462. The predicted octanol–water partition coefficient (Wildman–Crippen LogP) is 7.50.